The second-order valence-corrected chi connectivity index (χ2v) is 3.83. The summed E-state index contributed by atoms with van der Waals surface area (Å²) in [6, 6.07) is 7.43. The van der Waals surface area contributed by atoms with Crippen molar-refractivity contribution in [1.82, 2.24) is 15.1 Å². The Morgan fingerprint density at radius 2 is 2.35 bits per heavy atom. The minimum absolute atomic E-state index is 0.138. The van der Waals surface area contributed by atoms with Crippen molar-refractivity contribution in [3.05, 3.63) is 47.8 Å². The monoisotopic (exact) mass is 230 g/mol. The van der Waals surface area contributed by atoms with E-state index in [1.165, 1.54) is 6.20 Å². The van der Waals surface area contributed by atoms with Gasteiger partial charge in [0, 0.05) is 25.5 Å². The normalized spacial score (nSPS) is 10.2. The Labute approximate surface area is 99.2 Å². The number of aryl methyl sites for hydroxylation is 1. The SMILES string of the molecule is Cn1cc(C(=O)NCc2cccc(N)c2)cn1. The molecule has 0 saturated heterocycles. The highest BCUT2D eigenvalue weighted by atomic mass is 16.1. The summed E-state index contributed by atoms with van der Waals surface area (Å²) in [5.74, 6) is -0.138. The van der Waals surface area contributed by atoms with Crippen molar-refractivity contribution in [1.29, 1.82) is 0 Å². The highest BCUT2D eigenvalue weighted by Crippen LogP contribution is 2.06. The molecule has 0 aliphatic carbocycles. The Kier molecular flexibility index (Phi) is 3.09. The summed E-state index contributed by atoms with van der Waals surface area (Å²) in [4.78, 5) is 11.7. The van der Waals surface area contributed by atoms with Crippen molar-refractivity contribution < 1.29 is 4.79 Å². The van der Waals surface area contributed by atoms with E-state index < -0.39 is 0 Å². The lowest BCUT2D eigenvalue weighted by atomic mass is 10.2. The maximum Gasteiger partial charge on any atom is 0.254 e. The number of rotatable bonds is 3. The van der Waals surface area contributed by atoms with Crippen LogP contribution in [0.1, 0.15) is 15.9 Å². The molecule has 0 unspecified atom stereocenters. The summed E-state index contributed by atoms with van der Waals surface area (Å²) >= 11 is 0. The highest BCUT2D eigenvalue weighted by molar-refractivity contribution is 5.93. The molecule has 2 rings (SSSR count). The zero-order valence-corrected chi connectivity index (χ0v) is 9.55. The number of amides is 1. The molecule has 1 heterocycles. The molecule has 0 spiro atoms. The number of benzene rings is 1. The van der Waals surface area contributed by atoms with Crippen molar-refractivity contribution in [3.63, 3.8) is 0 Å². The van der Waals surface area contributed by atoms with Crippen LogP contribution < -0.4 is 11.1 Å². The first-order valence-electron chi connectivity index (χ1n) is 5.26. The number of aromatic nitrogens is 2. The molecule has 17 heavy (non-hydrogen) atoms. The zero-order valence-electron chi connectivity index (χ0n) is 9.55. The van der Waals surface area contributed by atoms with Crippen LogP contribution in [-0.2, 0) is 13.6 Å². The van der Waals surface area contributed by atoms with E-state index in [1.54, 1.807) is 17.9 Å². The van der Waals surface area contributed by atoms with Gasteiger partial charge in [0.05, 0.1) is 11.8 Å². The Bertz CT molecular complexity index is 533. The van der Waals surface area contributed by atoms with Crippen LogP contribution in [0, 0.1) is 0 Å². The Morgan fingerprint density at radius 1 is 1.53 bits per heavy atom. The van der Waals surface area contributed by atoms with Crippen LogP contribution in [0.3, 0.4) is 0 Å². The minimum atomic E-state index is -0.138. The smallest absolute Gasteiger partial charge is 0.254 e. The van der Waals surface area contributed by atoms with E-state index in [9.17, 15) is 4.79 Å². The lowest BCUT2D eigenvalue weighted by Gasteiger charge is -2.04. The summed E-state index contributed by atoms with van der Waals surface area (Å²) in [5, 5.41) is 6.75. The molecule has 0 aliphatic rings. The van der Waals surface area contributed by atoms with Crippen LogP contribution in [-0.4, -0.2) is 15.7 Å². The Morgan fingerprint density at radius 3 is 3.00 bits per heavy atom. The van der Waals surface area contributed by atoms with Gasteiger partial charge in [-0.3, -0.25) is 9.48 Å². The van der Waals surface area contributed by atoms with E-state index >= 15 is 0 Å². The number of nitrogen functional groups attached to an aromatic ring is 1. The van der Waals surface area contributed by atoms with Gasteiger partial charge < -0.3 is 11.1 Å². The molecule has 0 fully saturated rings. The molecule has 0 bridgehead atoms. The van der Waals surface area contributed by atoms with Gasteiger partial charge in [-0.2, -0.15) is 5.10 Å². The average molecular weight is 230 g/mol. The van der Waals surface area contributed by atoms with Gasteiger partial charge >= 0.3 is 0 Å². The van der Waals surface area contributed by atoms with Crippen LogP contribution in [0.2, 0.25) is 0 Å². The predicted molar refractivity (Wildman–Crippen MR) is 65.2 cm³/mol. The number of nitrogens with zero attached hydrogens (tertiary/aromatic N) is 2. The van der Waals surface area contributed by atoms with Gasteiger partial charge in [0.25, 0.3) is 5.91 Å². The second-order valence-electron chi connectivity index (χ2n) is 3.83. The van der Waals surface area contributed by atoms with E-state index in [1.807, 2.05) is 24.3 Å². The number of nitrogens with one attached hydrogen (secondary N) is 1. The van der Waals surface area contributed by atoms with Crippen molar-refractivity contribution in [2.24, 2.45) is 7.05 Å². The number of hydrogen-bond donors (Lipinski definition) is 2. The fraction of sp³-hybridized carbons (Fsp3) is 0.167. The largest absolute Gasteiger partial charge is 0.399 e. The molecule has 2 aromatic rings. The quantitative estimate of drug-likeness (QED) is 0.770. The van der Waals surface area contributed by atoms with Gasteiger partial charge in [-0.1, -0.05) is 12.1 Å². The van der Waals surface area contributed by atoms with E-state index in [0.29, 0.717) is 17.8 Å². The van der Waals surface area contributed by atoms with E-state index in [-0.39, 0.29) is 5.91 Å². The maximum absolute atomic E-state index is 11.7. The van der Waals surface area contributed by atoms with Crippen LogP contribution in [0.25, 0.3) is 0 Å². The molecule has 3 N–H and O–H groups in total. The molecule has 1 aromatic heterocycles. The van der Waals surface area contributed by atoms with Crippen LogP contribution in [0.15, 0.2) is 36.7 Å². The lowest BCUT2D eigenvalue weighted by molar-refractivity contribution is 0.0951. The van der Waals surface area contributed by atoms with E-state index in [0.717, 1.165) is 5.56 Å². The molecule has 88 valence electrons. The van der Waals surface area contributed by atoms with Crippen LogP contribution >= 0.6 is 0 Å². The lowest BCUT2D eigenvalue weighted by Crippen LogP contribution is -2.22. The van der Waals surface area contributed by atoms with Gasteiger partial charge in [0.15, 0.2) is 0 Å². The molecule has 5 heteroatoms. The van der Waals surface area contributed by atoms with Gasteiger partial charge in [0.2, 0.25) is 0 Å². The Balaban J connectivity index is 1.97. The van der Waals surface area contributed by atoms with Gasteiger partial charge in [-0.15, -0.1) is 0 Å². The Hall–Kier alpha value is -2.30. The number of hydrogen-bond acceptors (Lipinski definition) is 3. The number of carbonyl (C=O) groups is 1. The summed E-state index contributed by atoms with van der Waals surface area (Å²) in [5.41, 5.74) is 7.87. The topological polar surface area (TPSA) is 72.9 Å². The van der Waals surface area contributed by atoms with Crippen molar-refractivity contribution in [2.45, 2.75) is 6.54 Å². The third kappa shape index (κ3) is 2.84. The van der Waals surface area contributed by atoms with Gasteiger partial charge in [0.1, 0.15) is 0 Å². The first-order valence-corrected chi connectivity index (χ1v) is 5.26. The van der Waals surface area contributed by atoms with E-state index in [2.05, 4.69) is 10.4 Å². The second kappa shape index (κ2) is 4.69. The summed E-state index contributed by atoms with van der Waals surface area (Å²) in [7, 11) is 1.77. The highest BCUT2D eigenvalue weighted by Gasteiger charge is 2.06. The number of anilines is 1. The maximum atomic E-state index is 11.7. The zero-order chi connectivity index (χ0) is 12.3. The average Bonchev–Trinajstić information content (AvgIpc) is 2.73. The predicted octanol–water partition coefficient (Wildman–Crippen LogP) is 0.932. The van der Waals surface area contributed by atoms with Crippen molar-refractivity contribution in [3.8, 4) is 0 Å². The van der Waals surface area contributed by atoms with Crippen LogP contribution in [0.4, 0.5) is 5.69 Å². The molecule has 1 amide bonds. The fourth-order valence-electron chi connectivity index (χ4n) is 1.53. The first-order chi connectivity index (χ1) is 8.15. The summed E-state index contributed by atoms with van der Waals surface area (Å²) in [6.45, 7) is 0.457. The fourth-order valence-corrected chi connectivity index (χ4v) is 1.53. The van der Waals surface area contributed by atoms with Crippen molar-refractivity contribution >= 4 is 11.6 Å². The third-order valence-corrected chi connectivity index (χ3v) is 2.37. The molecule has 0 radical (unpaired) electrons. The summed E-state index contributed by atoms with van der Waals surface area (Å²) in [6.07, 6.45) is 3.21. The van der Waals surface area contributed by atoms with E-state index in [4.69, 9.17) is 5.73 Å². The molecule has 0 atom stereocenters. The molecule has 0 aliphatic heterocycles. The molecular weight excluding hydrogens is 216 g/mol. The van der Waals surface area contributed by atoms with Gasteiger partial charge in [-0.05, 0) is 17.7 Å². The number of nitrogens with two attached hydrogens (primary N) is 1. The summed E-state index contributed by atoms with van der Waals surface area (Å²) < 4.78 is 1.59. The molecule has 5 nitrogen and oxygen atoms in total. The standard InChI is InChI=1S/C12H14N4O/c1-16-8-10(7-15-16)12(17)14-6-9-3-2-4-11(13)5-9/h2-5,7-8H,6,13H2,1H3,(H,14,17). The molecule has 1 aromatic carbocycles. The third-order valence-electron chi connectivity index (χ3n) is 2.37. The molecular formula is C12H14N4O. The van der Waals surface area contributed by atoms with Crippen molar-refractivity contribution in [2.75, 3.05) is 5.73 Å². The molecule has 0 saturated carbocycles. The van der Waals surface area contributed by atoms with Gasteiger partial charge in [-0.25, -0.2) is 0 Å². The first kappa shape index (κ1) is 11.2. The number of carbonyl (C=O) groups excluding carboxylic acids is 1. The van der Waals surface area contributed by atoms with Crippen LogP contribution in [0.5, 0.6) is 0 Å². The minimum Gasteiger partial charge on any atom is -0.399 e.